The maximum Gasteiger partial charge on any atom is 0.228 e. The van der Waals surface area contributed by atoms with E-state index in [9.17, 15) is 4.79 Å². The minimum absolute atomic E-state index is 0.0523. The molecular formula is C16H31N3O. The fourth-order valence-corrected chi connectivity index (χ4v) is 3.58. The molecule has 2 fully saturated rings. The molecule has 0 aromatic heterocycles. The minimum atomic E-state index is -0.0523. The van der Waals surface area contributed by atoms with Gasteiger partial charge in [0.15, 0.2) is 0 Å². The van der Waals surface area contributed by atoms with Gasteiger partial charge in [0, 0.05) is 31.6 Å². The van der Waals surface area contributed by atoms with Crippen molar-refractivity contribution in [3.63, 3.8) is 0 Å². The molecule has 0 unspecified atom stereocenters. The molecule has 0 spiro atoms. The van der Waals surface area contributed by atoms with Gasteiger partial charge in [0.2, 0.25) is 5.91 Å². The first kappa shape index (κ1) is 15.8. The van der Waals surface area contributed by atoms with Crippen LogP contribution in [0.5, 0.6) is 0 Å². The molecule has 0 radical (unpaired) electrons. The van der Waals surface area contributed by atoms with Crippen LogP contribution >= 0.6 is 0 Å². The number of hydrogen-bond acceptors (Lipinski definition) is 3. The fourth-order valence-electron chi connectivity index (χ4n) is 3.58. The summed E-state index contributed by atoms with van der Waals surface area (Å²) in [6, 6.07) is 0. The lowest BCUT2D eigenvalue weighted by molar-refractivity contribution is -0.142. The van der Waals surface area contributed by atoms with E-state index in [-0.39, 0.29) is 5.41 Å². The zero-order valence-corrected chi connectivity index (χ0v) is 13.1. The van der Waals surface area contributed by atoms with E-state index >= 15 is 0 Å². The summed E-state index contributed by atoms with van der Waals surface area (Å²) in [4.78, 5) is 17.2. The van der Waals surface area contributed by atoms with Gasteiger partial charge in [-0.1, -0.05) is 26.2 Å². The zero-order chi connectivity index (χ0) is 14.4. The van der Waals surface area contributed by atoms with Gasteiger partial charge in [-0.3, -0.25) is 9.69 Å². The first-order valence-corrected chi connectivity index (χ1v) is 8.37. The zero-order valence-electron chi connectivity index (χ0n) is 13.1. The predicted octanol–water partition coefficient (Wildman–Crippen LogP) is 1.84. The highest BCUT2D eigenvalue weighted by atomic mass is 16.2. The molecule has 0 bridgehead atoms. The first-order valence-electron chi connectivity index (χ1n) is 8.37. The summed E-state index contributed by atoms with van der Waals surface area (Å²) in [6.45, 7) is 8.08. The Morgan fingerprint density at radius 2 is 1.70 bits per heavy atom. The predicted molar refractivity (Wildman–Crippen MR) is 82.5 cm³/mol. The lowest BCUT2D eigenvalue weighted by Crippen LogP contribution is -2.52. The number of hydrogen-bond donors (Lipinski definition) is 1. The highest BCUT2D eigenvalue weighted by Gasteiger charge is 2.39. The quantitative estimate of drug-likeness (QED) is 0.756. The highest BCUT2D eigenvalue weighted by molar-refractivity contribution is 5.82. The summed E-state index contributed by atoms with van der Waals surface area (Å²) in [5, 5.41) is 0. The Morgan fingerprint density at radius 3 is 2.30 bits per heavy atom. The Kier molecular flexibility index (Phi) is 5.85. The van der Waals surface area contributed by atoms with Crippen LogP contribution in [0, 0.1) is 5.41 Å². The maximum absolute atomic E-state index is 12.6. The molecule has 1 heterocycles. The second-order valence-corrected chi connectivity index (χ2v) is 6.75. The number of unbranched alkanes of at least 4 members (excludes halogenated alkanes) is 2. The second-order valence-electron chi connectivity index (χ2n) is 6.75. The molecular weight excluding hydrogens is 250 g/mol. The van der Waals surface area contributed by atoms with Crippen LogP contribution in [-0.2, 0) is 4.79 Å². The third kappa shape index (κ3) is 3.95. The third-order valence-electron chi connectivity index (χ3n) is 5.06. The summed E-state index contributed by atoms with van der Waals surface area (Å²) < 4.78 is 0. The lowest BCUT2D eigenvalue weighted by Gasteiger charge is -2.38. The van der Waals surface area contributed by atoms with E-state index in [1.54, 1.807) is 0 Å². The van der Waals surface area contributed by atoms with Crippen LogP contribution < -0.4 is 5.73 Å². The van der Waals surface area contributed by atoms with E-state index in [0.717, 1.165) is 52.0 Å². The van der Waals surface area contributed by atoms with Crippen molar-refractivity contribution in [3.05, 3.63) is 0 Å². The van der Waals surface area contributed by atoms with E-state index in [1.165, 1.54) is 32.2 Å². The Bertz CT molecular complexity index is 305. The molecule has 20 heavy (non-hydrogen) atoms. The smallest absolute Gasteiger partial charge is 0.228 e. The van der Waals surface area contributed by atoms with Crippen LogP contribution in [0.4, 0.5) is 0 Å². The monoisotopic (exact) mass is 281 g/mol. The van der Waals surface area contributed by atoms with E-state index < -0.39 is 0 Å². The van der Waals surface area contributed by atoms with Crippen molar-refractivity contribution in [2.45, 2.75) is 51.9 Å². The first-order chi connectivity index (χ1) is 9.65. The van der Waals surface area contributed by atoms with E-state index in [1.807, 2.05) is 0 Å². The van der Waals surface area contributed by atoms with Crippen LogP contribution in [0.1, 0.15) is 51.9 Å². The number of nitrogens with zero attached hydrogens (tertiary/aromatic N) is 2. The Balaban J connectivity index is 1.70. The molecule has 0 aromatic rings. The van der Waals surface area contributed by atoms with Crippen LogP contribution in [0.3, 0.4) is 0 Å². The summed E-state index contributed by atoms with van der Waals surface area (Å²) in [5.41, 5.74) is 5.46. The molecule has 0 atom stereocenters. The molecule has 4 nitrogen and oxygen atoms in total. The van der Waals surface area contributed by atoms with Crippen molar-refractivity contribution in [1.29, 1.82) is 0 Å². The average molecular weight is 281 g/mol. The van der Waals surface area contributed by atoms with Gasteiger partial charge in [0.1, 0.15) is 0 Å². The molecule has 116 valence electrons. The molecule has 4 heteroatoms. The van der Waals surface area contributed by atoms with Crippen LogP contribution in [0.2, 0.25) is 0 Å². The number of carbonyl (C=O) groups excluding carboxylic acids is 1. The lowest BCUT2D eigenvalue weighted by atomic mass is 9.87. The summed E-state index contributed by atoms with van der Waals surface area (Å²) >= 11 is 0. The maximum atomic E-state index is 12.6. The fraction of sp³-hybridized carbons (Fsp3) is 0.938. The van der Waals surface area contributed by atoms with Crippen molar-refractivity contribution < 1.29 is 4.79 Å². The summed E-state index contributed by atoms with van der Waals surface area (Å²) in [7, 11) is 0. The van der Waals surface area contributed by atoms with E-state index in [2.05, 4.69) is 16.7 Å². The highest BCUT2D eigenvalue weighted by Crippen LogP contribution is 2.39. The molecule has 1 saturated heterocycles. The second kappa shape index (κ2) is 7.41. The molecule has 1 amide bonds. The van der Waals surface area contributed by atoms with Crippen molar-refractivity contribution in [2.24, 2.45) is 11.1 Å². The van der Waals surface area contributed by atoms with Crippen molar-refractivity contribution in [3.8, 4) is 0 Å². The largest absolute Gasteiger partial charge is 0.340 e. The van der Waals surface area contributed by atoms with Gasteiger partial charge in [-0.15, -0.1) is 0 Å². The molecule has 1 aliphatic carbocycles. The van der Waals surface area contributed by atoms with Crippen LogP contribution in [-0.4, -0.2) is 55.0 Å². The standard InChI is InChI=1S/C16H31N3O/c1-16(7-3-4-8-16)15(20)19-13-11-18(12-14-19)10-6-2-5-9-17/h2-14,17H2,1H3. The van der Waals surface area contributed by atoms with Gasteiger partial charge in [0.25, 0.3) is 0 Å². The van der Waals surface area contributed by atoms with Crippen molar-refractivity contribution in [1.82, 2.24) is 9.80 Å². The molecule has 2 rings (SSSR count). The number of nitrogens with two attached hydrogens (primary N) is 1. The molecule has 2 N–H and O–H groups in total. The molecule has 0 aromatic carbocycles. The molecule has 1 saturated carbocycles. The average Bonchev–Trinajstić information content (AvgIpc) is 2.92. The SMILES string of the molecule is CC1(C(=O)N2CCN(CCCCCN)CC2)CCCC1. The Morgan fingerprint density at radius 1 is 1.05 bits per heavy atom. The normalized spacial score (nSPS) is 23.2. The summed E-state index contributed by atoms with van der Waals surface area (Å²) in [5.74, 6) is 0.415. The summed E-state index contributed by atoms with van der Waals surface area (Å²) in [6.07, 6.45) is 8.23. The Hall–Kier alpha value is -0.610. The van der Waals surface area contributed by atoms with Crippen molar-refractivity contribution in [2.75, 3.05) is 39.3 Å². The number of rotatable bonds is 6. The minimum Gasteiger partial charge on any atom is -0.340 e. The van der Waals surface area contributed by atoms with Crippen molar-refractivity contribution >= 4 is 5.91 Å². The van der Waals surface area contributed by atoms with Gasteiger partial charge in [-0.05, 0) is 38.8 Å². The Labute approximate surface area is 123 Å². The number of piperazine rings is 1. The third-order valence-corrected chi connectivity index (χ3v) is 5.06. The number of carbonyl (C=O) groups is 1. The van der Waals surface area contributed by atoms with E-state index in [0.29, 0.717) is 5.91 Å². The van der Waals surface area contributed by atoms with Gasteiger partial charge in [-0.25, -0.2) is 0 Å². The van der Waals surface area contributed by atoms with Crippen LogP contribution in [0.25, 0.3) is 0 Å². The van der Waals surface area contributed by atoms with Crippen LogP contribution in [0.15, 0.2) is 0 Å². The van der Waals surface area contributed by atoms with Gasteiger partial charge >= 0.3 is 0 Å². The van der Waals surface area contributed by atoms with Gasteiger partial charge in [0.05, 0.1) is 0 Å². The molecule has 1 aliphatic heterocycles. The molecule has 2 aliphatic rings. The van der Waals surface area contributed by atoms with Gasteiger partial charge in [-0.2, -0.15) is 0 Å². The topological polar surface area (TPSA) is 49.6 Å². The number of amides is 1. The van der Waals surface area contributed by atoms with Gasteiger partial charge < -0.3 is 10.6 Å². The van der Waals surface area contributed by atoms with E-state index in [4.69, 9.17) is 5.73 Å².